The van der Waals surface area contributed by atoms with Gasteiger partial charge in [-0.3, -0.25) is 10.1 Å². The van der Waals surface area contributed by atoms with Crippen molar-refractivity contribution < 1.29 is 32.4 Å². The first-order chi connectivity index (χ1) is 14.2. The molecule has 0 spiro atoms. The number of aromatic nitrogens is 3. The van der Waals surface area contributed by atoms with Crippen molar-refractivity contribution in [1.82, 2.24) is 15.4 Å². The fourth-order valence-electron chi connectivity index (χ4n) is 2.53. The van der Waals surface area contributed by atoms with Gasteiger partial charge in [0.15, 0.2) is 5.69 Å². The maximum Gasteiger partial charge on any atom is 0.416 e. The Bertz CT molecular complexity index is 1100. The molecule has 0 saturated heterocycles. The third kappa shape index (κ3) is 4.37. The molecule has 0 fully saturated rings. The molecule has 3 rings (SSSR count). The van der Waals surface area contributed by atoms with Crippen LogP contribution in [0.25, 0.3) is 11.3 Å². The first-order valence-electron chi connectivity index (χ1n) is 8.42. The van der Waals surface area contributed by atoms with Gasteiger partial charge in [-0.1, -0.05) is 6.07 Å². The highest BCUT2D eigenvalue weighted by Gasteiger charge is 2.31. The molecule has 0 unspecified atom stereocenters. The number of nitro benzene ring substituents is 1. The van der Waals surface area contributed by atoms with E-state index in [-0.39, 0.29) is 40.7 Å². The lowest BCUT2D eigenvalue weighted by Gasteiger charge is -2.12. The maximum atomic E-state index is 13.0. The zero-order chi connectivity index (χ0) is 21.9. The zero-order valence-electron chi connectivity index (χ0n) is 15.3. The summed E-state index contributed by atoms with van der Waals surface area (Å²) in [6.45, 7) is 1.63. The van der Waals surface area contributed by atoms with Gasteiger partial charge in [-0.05, 0) is 31.2 Å². The van der Waals surface area contributed by atoms with E-state index >= 15 is 0 Å². The average Bonchev–Trinajstić information content (AvgIpc) is 3.17. The number of non-ortho nitro benzene ring substituents is 1. The van der Waals surface area contributed by atoms with Crippen LogP contribution in [0.4, 0.5) is 18.9 Å². The Kier molecular flexibility index (Phi) is 5.67. The number of nitrogens with zero attached hydrogens (tertiary/aromatic N) is 3. The van der Waals surface area contributed by atoms with E-state index in [4.69, 9.17) is 9.47 Å². The monoisotopic (exact) mass is 422 g/mol. The number of hydrogen-bond donors (Lipinski definition) is 1. The van der Waals surface area contributed by atoms with Crippen molar-refractivity contribution >= 4 is 11.7 Å². The summed E-state index contributed by atoms with van der Waals surface area (Å²) in [5.41, 5.74) is -1.68. The maximum absolute atomic E-state index is 13.0. The molecule has 12 heteroatoms. The molecule has 156 valence electrons. The van der Waals surface area contributed by atoms with E-state index in [0.29, 0.717) is 0 Å². The van der Waals surface area contributed by atoms with Gasteiger partial charge in [0.25, 0.3) is 5.69 Å². The van der Waals surface area contributed by atoms with Crippen LogP contribution in [0.2, 0.25) is 0 Å². The van der Waals surface area contributed by atoms with Gasteiger partial charge in [-0.2, -0.15) is 23.5 Å². The summed E-state index contributed by atoms with van der Waals surface area (Å²) in [6.07, 6.45) is -4.58. The number of esters is 1. The van der Waals surface area contributed by atoms with Crippen LogP contribution in [-0.2, 0) is 10.9 Å². The van der Waals surface area contributed by atoms with Gasteiger partial charge in [-0.25, -0.2) is 4.79 Å². The lowest BCUT2D eigenvalue weighted by molar-refractivity contribution is -0.384. The van der Waals surface area contributed by atoms with Crippen LogP contribution < -0.4 is 4.74 Å². The van der Waals surface area contributed by atoms with Crippen molar-refractivity contribution in [3.05, 3.63) is 63.8 Å². The summed E-state index contributed by atoms with van der Waals surface area (Å²) >= 11 is 0. The van der Waals surface area contributed by atoms with Crippen molar-refractivity contribution in [1.29, 1.82) is 0 Å². The van der Waals surface area contributed by atoms with Gasteiger partial charge in [0.05, 0.1) is 22.7 Å². The molecule has 0 aliphatic heterocycles. The number of ether oxygens (including phenoxy) is 2. The Hall–Kier alpha value is -3.96. The molecule has 0 atom stereocenters. The van der Waals surface area contributed by atoms with Gasteiger partial charge in [0.2, 0.25) is 0 Å². The number of benzene rings is 2. The van der Waals surface area contributed by atoms with Crippen LogP contribution in [0.15, 0.2) is 42.5 Å². The molecule has 2 aromatic carbocycles. The first kappa shape index (κ1) is 20.8. The number of nitro groups is 1. The summed E-state index contributed by atoms with van der Waals surface area (Å²) in [7, 11) is 0. The number of carbonyl (C=O) groups is 1. The van der Waals surface area contributed by atoms with Gasteiger partial charge < -0.3 is 9.47 Å². The van der Waals surface area contributed by atoms with E-state index < -0.39 is 22.6 Å². The van der Waals surface area contributed by atoms with Crippen LogP contribution in [0, 0.1) is 10.1 Å². The summed E-state index contributed by atoms with van der Waals surface area (Å²) < 4.78 is 49.3. The van der Waals surface area contributed by atoms with Gasteiger partial charge in [0.1, 0.15) is 17.2 Å². The standard InChI is InChI=1S/C18H13F3N4O5/c1-2-29-17(26)16-15(22-24-23-16)13-9-11(25(27)28)6-7-14(13)30-12-5-3-4-10(8-12)18(19,20)21/h3-9H,2H2,1H3,(H,22,23,24). The molecule has 0 radical (unpaired) electrons. The quantitative estimate of drug-likeness (QED) is 0.356. The highest BCUT2D eigenvalue weighted by atomic mass is 19.4. The molecule has 9 nitrogen and oxygen atoms in total. The lowest BCUT2D eigenvalue weighted by atomic mass is 10.1. The number of hydrogen-bond acceptors (Lipinski definition) is 7. The Labute approximate surface area is 166 Å². The van der Waals surface area contributed by atoms with E-state index in [1.807, 2.05) is 0 Å². The number of rotatable bonds is 6. The molecule has 30 heavy (non-hydrogen) atoms. The lowest BCUT2D eigenvalue weighted by Crippen LogP contribution is -2.07. The smallest absolute Gasteiger partial charge is 0.416 e. The number of H-pyrrole nitrogens is 1. The topological polar surface area (TPSA) is 120 Å². The second-order valence-electron chi connectivity index (χ2n) is 5.81. The SMILES string of the molecule is CCOC(=O)c1n[nH]nc1-c1cc([N+](=O)[O-])ccc1Oc1cccc(C(F)(F)F)c1. The molecule has 0 bridgehead atoms. The highest BCUT2D eigenvalue weighted by Crippen LogP contribution is 2.38. The summed E-state index contributed by atoms with van der Waals surface area (Å²) in [6, 6.07) is 7.47. The number of carbonyl (C=O) groups excluding carboxylic acids is 1. The first-order valence-corrected chi connectivity index (χ1v) is 8.42. The Morgan fingerprint density at radius 3 is 2.63 bits per heavy atom. The third-order valence-corrected chi connectivity index (χ3v) is 3.83. The van der Waals surface area contributed by atoms with Gasteiger partial charge in [-0.15, -0.1) is 5.10 Å². The summed E-state index contributed by atoms with van der Waals surface area (Å²) in [5, 5.41) is 20.9. The predicted octanol–water partition coefficient (Wildman–Crippen LogP) is 4.37. The number of aromatic amines is 1. The van der Waals surface area contributed by atoms with Crippen molar-refractivity contribution in [3.8, 4) is 22.8 Å². The van der Waals surface area contributed by atoms with Crippen LogP contribution in [0.3, 0.4) is 0 Å². The largest absolute Gasteiger partial charge is 0.461 e. The molecule has 0 aliphatic rings. The molecular weight excluding hydrogens is 409 g/mol. The van der Waals surface area contributed by atoms with E-state index in [9.17, 15) is 28.1 Å². The van der Waals surface area contributed by atoms with Crippen LogP contribution in [-0.4, -0.2) is 32.9 Å². The Morgan fingerprint density at radius 2 is 1.97 bits per heavy atom. The van der Waals surface area contributed by atoms with Crippen molar-refractivity contribution in [2.75, 3.05) is 6.61 Å². The normalized spacial score (nSPS) is 11.2. The minimum Gasteiger partial charge on any atom is -0.461 e. The Balaban J connectivity index is 2.08. The zero-order valence-corrected chi connectivity index (χ0v) is 15.3. The van der Waals surface area contributed by atoms with Gasteiger partial charge in [0, 0.05) is 12.1 Å². The van der Waals surface area contributed by atoms with E-state index in [1.54, 1.807) is 6.92 Å². The predicted molar refractivity (Wildman–Crippen MR) is 95.9 cm³/mol. The molecule has 1 heterocycles. The third-order valence-electron chi connectivity index (χ3n) is 3.83. The molecule has 0 amide bonds. The fraction of sp³-hybridized carbons (Fsp3) is 0.167. The van der Waals surface area contributed by atoms with Crippen LogP contribution in [0.5, 0.6) is 11.5 Å². The molecule has 3 aromatic rings. The van der Waals surface area contributed by atoms with Crippen molar-refractivity contribution in [2.45, 2.75) is 13.1 Å². The van der Waals surface area contributed by atoms with Crippen molar-refractivity contribution in [2.24, 2.45) is 0 Å². The number of nitrogens with one attached hydrogen (secondary N) is 1. The minimum absolute atomic E-state index is 0.0292. The van der Waals surface area contributed by atoms with Crippen LogP contribution in [0.1, 0.15) is 23.0 Å². The van der Waals surface area contributed by atoms with E-state index in [1.165, 1.54) is 12.1 Å². The fourth-order valence-corrected chi connectivity index (χ4v) is 2.53. The summed E-state index contributed by atoms with van der Waals surface area (Å²) in [4.78, 5) is 22.6. The number of halogens is 3. The molecular formula is C18H13F3N4O5. The summed E-state index contributed by atoms with van der Waals surface area (Å²) in [5.74, 6) is -1.07. The Morgan fingerprint density at radius 1 is 1.20 bits per heavy atom. The second-order valence-corrected chi connectivity index (χ2v) is 5.81. The molecule has 1 aromatic heterocycles. The van der Waals surface area contributed by atoms with Gasteiger partial charge >= 0.3 is 12.1 Å². The number of alkyl halides is 3. The minimum atomic E-state index is -4.58. The highest BCUT2D eigenvalue weighted by molar-refractivity contribution is 5.95. The molecule has 0 saturated carbocycles. The molecule has 0 aliphatic carbocycles. The second kappa shape index (κ2) is 8.19. The van der Waals surface area contributed by atoms with Crippen LogP contribution >= 0.6 is 0 Å². The van der Waals surface area contributed by atoms with E-state index in [0.717, 1.165) is 30.3 Å². The van der Waals surface area contributed by atoms with E-state index in [2.05, 4.69) is 15.4 Å². The van der Waals surface area contributed by atoms with Crippen molar-refractivity contribution in [3.63, 3.8) is 0 Å². The molecule has 1 N–H and O–H groups in total. The average molecular weight is 422 g/mol.